The first-order valence-electron chi connectivity index (χ1n) is 5.76. The molecule has 17 heavy (non-hydrogen) atoms. The Morgan fingerprint density at radius 1 is 1.35 bits per heavy atom. The number of nitrogens with one attached hydrogen (secondary N) is 1. The van der Waals surface area contributed by atoms with Gasteiger partial charge < -0.3 is 0 Å². The Balaban J connectivity index is 2.17. The molecule has 0 aliphatic heterocycles. The van der Waals surface area contributed by atoms with Crippen LogP contribution in [0.2, 0.25) is 0 Å². The second kappa shape index (κ2) is 5.91. The standard InChI is InChI=1S/C13H17N3S/c1-2-11-5-8-17-13(11)12(16-14)9-10-3-6-15-7-4-10/h3-8,12,16H,2,9,14H2,1H3. The van der Waals surface area contributed by atoms with Gasteiger partial charge in [0, 0.05) is 17.3 Å². The summed E-state index contributed by atoms with van der Waals surface area (Å²) < 4.78 is 0. The van der Waals surface area contributed by atoms with E-state index in [0.29, 0.717) is 0 Å². The Labute approximate surface area is 106 Å². The van der Waals surface area contributed by atoms with Gasteiger partial charge in [0.25, 0.3) is 0 Å². The number of rotatable bonds is 5. The molecule has 0 fully saturated rings. The van der Waals surface area contributed by atoms with Crippen LogP contribution < -0.4 is 11.3 Å². The Hall–Kier alpha value is -1.23. The molecule has 1 unspecified atom stereocenters. The molecule has 0 radical (unpaired) electrons. The summed E-state index contributed by atoms with van der Waals surface area (Å²) in [4.78, 5) is 5.37. The summed E-state index contributed by atoms with van der Waals surface area (Å²) in [6.45, 7) is 2.17. The lowest BCUT2D eigenvalue weighted by Crippen LogP contribution is -2.29. The van der Waals surface area contributed by atoms with Gasteiger partial charge in [-0.15, -0.1) is 11.3 Å². The number of hydrogen-bond acceptors (Lipinski definition) is 4. The van der Waals surface area contributed by atoms with E-state index >= 15 is 0 Å². The van der Waals surface area contributed by atoms with E-state index in [1.54, 1.807) is 11.3 Å². The second-order valence-corrected chi connectivity index (χ2v) is 4.89. The molecule has 3 nitrogen and oxygen atoms in total. The average molecular weight is 247 g/mol. The van der Waals surface area contributed by atoms with E-state index in [1.165, 1.54) is 16.0 Å². The molecule has 2 heterocycles. The van der Waals surface area contributed by atoms with Crippen LogP contribution in [0.4, 0.5) is 0 Å². The van der Waals surface area contributed by atoms with Gasteiger partial charge in [0.1, 0.15) is 0 Å². The van der Waals surface area contributed by atoms with Crippen molar-refractivity contribution >= 4 is 11.3 Å². The normalized spacial score (nSPS) is 12.6. The van der Waals surface area contributed by atoms with Crippen molar-refractivity contribution in [3.63, 3.8) is 0 Å². The Bertz CT molecular complexity index is 453. The molecule has 0 aliphatic carbocycles. The van der Waals surface area contributed by atoms with Crippen molar-refractivity contribution in [3.05, 3.63) is 52.0 Å². The number of thiophene rings is 1. The zero-order valence-corrected chi connectivity index (χ0v) is 10.7. The smallest absolute Gasteiger partial charge is 0.0596 e. The summed E-state index contributed by atoms with van der Waals surface area (Å²) >= 11 is 1.77. The van der Waals surface area contributed by atoms with Crippen LogP contribution in [0.25, 0.3) is 0 Å². The minimum atomic E-state index is 0.187. The molecule has 0 amide bonds. The molecule has 0 spiro atoms. The highest BCUT2D eigenvalue weighted by molar-refractivity contribution is 7.10. The van der Waals surface area contributed by atoms with Crippen molar-refractivity contribution in [2.75, 3.05) is 0 Å². The van der Waals surface area contributed by atoms with Crippen LogP contribution >= 0.6 is 11.3 Å². The predicted molar refractivity (Wildman–Crippen MR) is 71.7 cm³/mol. The fraction of sp³-hybridized carbons (Fsp3) is 0.308. The number of pyridine rings is 1. The number of nitrogens with two attached hydrogens (primary N) is 1. The molecule has 2 aromatic rings. The van der Waals surface area contributed by atoms with Gasteiger partial charge in [-0.2, -0.15) is 0 Å². The SMILES string of the molecule is CCc1ccsc1C(Cc1ccncc1)NN. The van der Waals surface area contributed by atoms with Gasteiger partial charge in [0.05, 0.1) is 6.04 Å². The van der Waals surface area contributed by atoms with Crippen LogP contribution in [-0.4, -0.2) is 4.98 Å². The third kappa shape index (κ3) is 2.91. The molecule has 1 atom stereocenters. The monoisotopic (exact) mass is 247 g/mol. The summed E-state index contributed by atoms with van der Waals surface area (Å²) in [5, 5.41) is 2.13. The molecular weight excluding hydrogens is 230 g/mol. The van der Waals surface area contributed by atoms with Gasteiger partial charge in [-0.1, -0.05) is 6.92 Å². The van der Waals surface area contributed by atoms with E-state index in [9.17, 15) is 0 Å². The van der Waals surface area contributed by atoms with Crippen LogP contribution in [0.1, 0.15) is 29.0 Å². The highest BCUT2D eigenvalue weighted by Gasteiger charge is 2.15. The van der Waals surface area contributed by atoms with Crippen LogP contribution in [-0.2, 0) is 12.8 Å². The van der Waals surface area contributed by atoms with E-state index in [-0.39, 0.29) is 6.04 Å². The topological polar surface area (TPSA) is 50.9 Å². The average Bonchev–Trinajstić information content (AvgIpc) is 2.85. The minimum Gasteiger partial charge on any atom is -0.271 e. The number of nitrogens with zero attached hydrogens (tertiary/aromatic N) is 1. The number of aryl methyl sites for hydroxylation is 1. The Morgan fingerprint density at radius 3 is 2.76 bits per heavy atom. The predicted octanol–water partition coefficient (Wildman–Crippen LogP) is 2.45. The lowest BCUT2D eigenvalue weighted by Gasteiger charge is -2.16. The maximum Gasteiger partial charge on any atom is 0.0596 e. The summed E-state index contributed by atoms with van der Waals surface area (Å²) in [6.07, 6.45) is 5.58. The third-order valence-corrected chi connectivity index (χ3v) is 3.94. The van der Waals surface area contributed by atoms with Crippen LogP contribution in [0, 0.1) is 0 Å². The van der Waals surface area contributed by atoms with Gasteiger partial charge in [0.15, 0.2) is 0 Å². The van der Waals surface area contributed by atoms with Crippen LogP contribution in [0.3, 0.4) is 0 Å². The lowest BCUT2D eigenvalue weighted by molar-refractivity contribution is 0.557. The number of hydrogen-bond donors (Lipinski definition) is 2. The molecule has 4 heteroatoms. The summed E-state index contributed by atoms with van der Waals surface area (Å²) in [7, 11) is 0. The molecule has 0 aliphatic rings. The maximum absolute atomic E-state index is 5.68. The summed E-state index contributed by atoms with van der Waals surface area (Å²) in [5.41, 5.74) is 5.55. The Kier molecular flexibility index (Phi) is 4.25. The molecule has 2 rings (SSSR count). The molecular formula is C13H17N3S. The molecule has 0 saturated heterocycles. The fourth-order valence-corrected chi connectivity index (χ4v) is 2.99. The summed E-state index contributed by atoms with van der Waals surface area (Å²) in [6, 6.07) is 6.43. The highest BCUT2D eigenvalue weighted by Crippen LogP contribution is 2.27. The molecule has 90 valence electrons. The summed E-state index contributed by atoms with van der Waals surface area (Å²) in [5.74, 6) is 5.68. The largest absolute Gasteiger partial charge is 0.271 e. The van der Waals surface area contributed by atoms with Crippen molar-refractivity contribution in [2.24, 2.45) is 5.84 Å². The van der Waals surface area contributed by atoms with Crippen molar-refractivity contribution in [1.82, 2.24) is 10.4 Å². The van der Waals surface area contributed by atoms with E-state index in [4.69, 9.17) is 5.84 Å². The lowest BCUT2D eigenvalue weighted by atomic mass is 10.0. The molecule has 0 aromatic carbocycles. The van der Waals surface area contributed by atoms with Crippen molar-refractivity contribution in [2.45, 2.75) is 25.8 Å². The molecule has 0 saturated carbocycles. The van der Waals surface area contributed by atoms with Gasteiger partial charge in [0.2, 0.25) is 0 Å². The first-order valence-corrected chi connectivity index (χ1v) is 6.64. The molecule has 2 aromatic heterocycles. The van der Waals surface area contributed by atoms with Crippen LogP contribution in [0.15, 0.2) is 36.0 Å². The van der Waals surface area contributed by atoms with Crippen molar-refractivity contribution in [1.29, 1.82) is 0 Å². The minimum absolute atomic E-state index is 0.187. The molecule has 0 bridgehead atoms. The van der Waals surface area contributed by atoms with Gasteiger partial charge >= 0.3 is 0 Å². The quantitative estimate of drug-likeness (QED) is 0.630. The first-order chi connectivity index (χ1) is 8.35. The zero-order valence-electron chi connectivity index (χ0n) is 9.89. The van der Waals surface area contributed by atoms with Gasteiger partial charge in [-0.05, 0) is 47.5 Å². The van der Waals surface area contributed by atoms with Gasteiger partial charge in [-0.25, -0.2) is 0 Å². The van der Waals surface area contributed by atoms with Crippen molar-refractivity contribution in [3.8, 4) is 0 Å². The zero-order chi connectivity index (χ0) is 12.1. The third-order valence-electron chi connectivity index (χ3n) is 2.87. The fourth-order valence-electron chi connectivity index (χ4n) is 1.93. The van der Waals surface area contributed by atoms with Crippen LogP contribution in [0.5, 0.6) is 0 Å². The maximum atomic E-state index is 5.68. The Morgan fingerprint density at radius 2 is 2.12 bits per heavy atom. The van der Waals surface area contributed by atoms with E-state index in [0.717, 1.165) is 12.8 Å². The van der Waals surface area contributed by atoms with Crippen molar-refractivity contribution < 1.29 is 0 Å². The van der Waals surface area contributed by atoms with E-state index < -0.39 is 0 Å². The van der Waals surface area contributed by atoms with E-state index in [1.807, 2.05) is 24.5 Å². The first kappa shape index (κ1) is 12.2. The van der Waals surface area contributed by atoms with E-state index in [2.05, 4.69) is 28.8 Å². The number of aromatic nitrogens is 1. The second-order valence-electron chi connectivity index (χ2n) is 3.94. The van der Waals surface area contributed by atoms with Gasteiger partial charge in [-0.3, -0.25) is 16.3 Å². The molecule has 3 N–H and O–H groups in total. The highest BCUT2D eigenvalue weighted by atomic mass is 32.1. The number of hydrazine groups is 1.